The van der Waals surface area contributed by atoms with Crippen molar-refractivity contribution in [2.75, 3.05) is 44.2 Å². The zero-order chi connectivity index (χ0) is 16.9. The number of hydrogen-bond donors (Lipinski definition) is 1. The Morgan fingerprint density at radius 2 is 1.96 bits per heavy atom. The molecule has 4 nitrogen and oxygen atoms in total. The van der Waals surface area contributed by atoms with E-state index in [0.717, 1.165) is 26.2 Å². The lowest BCUT2D eigenvalue weighted by Gasteiger charge is -2.37. The predicted molar refractivity (Wildman–Crippen MR) is 89.9 cm³/mol. The maximum absolute atomic E-state index is 13.8. The van der Waals surface area contributed by atoms with Crippen LogP contribution in [0.25, 0.3) is 0 Å². The molecule has 0 bridgehead atoms. The Labute approximate surface area is 137 Å². The number of anilines is 1. The quantitative estimate of drug-likeness (QED) is 0.810. The Balaban J connectivity index is 1.77. The Hall–Kier alpha value is -1.61. The van der Waals surface area contributed by atoms with Gasteiger partial charge in [-0.3, -0.25) is 4.90 Å². The van der Waals surface area contributed by atoms with Crippen LogP contribution in [0.5, 0.6) is 0 Å². The second-order valence-corrected chi connectivity index (χ2v) is 6.36. The van der Waals surface area contributed by atoms with E-state index in [0.29, 0.717) is 12.2 Å². The van der Waals surface area contributed by atoms with Crippen molar-refractivity contribution in [1.29, 1.82) is 0 Å². The van der Waals surface area contributed by atoms with Crippen LogP contribution in [0.3, 0.4) is 0 Å². The summed E-state index contributed by atoms with van der Waals surface area (Å²) in [5, 5.41) is 10.1. The number of β-amino-alcohol motifs (C(OH)–C–C–N with tert-alkyl or cyclic N) is 1. The van der Waals surface area contributed by atoms with E-state index >= 15 is 0 Å². The van der Waals surface area contributed by atoms with Gasteiger partial charge in [0, 0.05) is 32.7 Å². The summed E-state index contributed by atoms with van der Waals surface area (Å²) < 4.78 is 19.3. The minimum Gasteiger partial charge on any atom is -0.389 e. The molecule has 1 aromatic carbocycles. The third kappa shape index (κ3) is 5.21. The molecule has 1 fully saturated rings. The normalized spacial score (nSPS) is 17.8. The second-order valence-electron chi connectivity index (χ2n) is 6.36. The molecule has 1 aliphatic heterocycles. The minimum absolute atomic E-state index is 0.189. The van der Waals surface area contributed by atoms with Gasteiger partial charge in [0.05, 0.1) is 18.4 Å². The van der Waals surface area contributed by atoms with Gasteiger partial charge in [-0.15, -0.1) is 6.42 Å². The van der Waals surface area contributed by atoms with Gasteiger partial charge in [-0.2, -0.15) is 0 Å². The molecule has 5 heteroatoms. The van der Waals surface area contributed by atoms with Gasteiger partial charge in [0.15, 0.2) is 0 Å². The minimum atomic E-state index is -0.662. The lowest BCUT2D eigenvalue weighted by molar-refractivity contribution is -0.0376. The van der Waals surface area contributed by atoms with Crippen molar-refractivity contribution < 1.29 is 14.2 Å². The third-order valence-electron chi connectivity index (χ3n) is 4.02. The molecular formula is C18H25FN2O2. The average molecular weight is 320 g/mol. The zero-order valence-corrected chi connectivity index (χ0v) is 13.8. The molecule has 1 atom stereocenters. The Kier molecular flexibility index (Phi) is 6.00. The number of piperazine rings is 1. The van der Waals surface area contributed by atoms with E-state index in [2.05, 4.69) is 10.8 Å². The van der Waals surface area contributed by atoms with Crippen molar-refractivity contribution in [1.82, 2.24) is 4.90 Å². The molecule has 1 unspecified atom stereocenters. The van der Waals surface area contributed by atoms with Crippen LogP contribution in [-0.2, 0) is 4.74 Å². The summed E-state index contributed by atoms with van der Waals surface area (Å²) in [6.45, 7) is 7.39. The van der Waals surface area contributed by atoms with Crippen molar-refractivity contribution >= 4 is 5.69 Å². The summed E-state index contributed by atoms with van der Waals surface area (Å²) in [6.07, 6.45) is 4.78. The molecule has 0 spiro atoms. The van der Waals surface area contributed by atoms with E-state index in [1.807, 2.05) is 11.0 Å². The van der Waals surface area contributed by atoms with E-state index in [1.54, 1.807) is 26.0 Å². The summed E-state index contributed by atoms with van der Waals surface area (Å²) in [5.74, 6) is 2.35. The fourth-order valence-electron chi connectivity index (χ4n) is 2.58. The van der Waals surface area contributed by atoms with Gasteiger partial charge < -0.3 is 14.7 Å². The Morgan fingerprint density at radius 1 is 1.30 bits per heavy atom. The van der Waals surface area contributed by atoms with E-state index < -0.39 is 11.7 Å². The van der Waals surface area contributed by atoms with Crippen molar-refractivity contribution in [2.24, 2.45) is 0 Å². The van der Waals surface area contributed by atoms with Crippen LogP contribution in [0.1, 0.15) is 13.8 Å². The maximum atomic E-state index is 13.8. The number of nitrogens with zero attached hydrogens (tertiary/aromatic N) is 2. The monoisotopic (exact) mass is 320 g/mol. The maximum Gasteiger partial charge on any atom is 0.146 e. The van der Waals surface area contributed by atoms with Gasteiger partial charge in [-0.25, -0.2) is 4.39 Å². The first kappa shape index (κ1) is 17.7. The molecular weight excluding hydrogens is 295 g/mol. The van der Waals surface area contributed by atoms with Crippen LogP contribution >= 0.6 is 0 Å². The number of para-hydroxylation sites is 1. The van der Waals surface area contributed by atoms with Crippen molar-refractivity contribution in [3.05, 3.63) is 30.1 Å². The summed E-state index contributed by atoms with van der Waals surface area (Å²) in [6, 6.07) is 6.83. The standard InChI is InChI=1S/C18H25FN2O2/c1-4-18(2,3)23-14-15(22)13-20-9-11-21(12-10-20)17-8-6-5-7-16(17)19/h1,5-8,15,22H,9-14H2,2-3H3. The predicted octanol–water partition coefficient (Wildman–Crippen LogP) is 1.74. The second kappa shape index (κ2) is 7.78. The highest BCUT2D eigenvalue weighted by Crippen LogP contribution is 2.20. The molecule has 1 N–H and O–H groups in total. The largest absolute Gasteiger partial charge is 0.389 e. The van der Waals surface area contributed by atoms with E-state index in [9.17, 15) is 9.50 Å². The third-order valence-corrected chi connectivity index (χ3v) is 4.02. The summed E-state index contributed by atoms with van der Waals surface area (Å²) in [7, 11) is 0. The fraction of sp³-hybridized carbons (Fsp3) is 0.556. The average Bonchev–Trinajstić information content (AvgIpc) is 2.54. The topological polar surface area (TPSA) is 35.9 Å². The van der Waals surface area contributed by atoms with Crippen LogP contribution in [0, 0.1) is 18.2 Å². The lowest BCUT2D eigenvalue weighted by Crippen LogP contribution is -2.49. The van der Waals surface area contributed by atoms with Gasteiger partial charge in [-0.1, -0.05) is 18.1 Å². The zero-order valence-electron chi connectivity index (χ0n) is 13.8. The number of rotatable bonds is 6. The molecule has 1 saturated heterocycles. The summed E-state index contributed by atoms with van der Waals surface area (Å²) in [4.78, 5) is 4.20. The van der Waals surface area contributed by atoms with Gasteiger partial charge in [0.1, 0.15) is 11.4 Å². The molecule has 1 aliphatic rings. The number of benzene rings is 1. The molecule has 0 aliphatic carbocycles. The van der Waals surface area contributed by atoms with Crippen molar-refractivity contribution in [3.63, 3.8) is 0 Å². The molecule has 126 valence electrons. The number of ether oxygens (including phenoxy) is 1. The summed E-state index contributed by atoms with van der Waals surface area (Å²) >= 11 is 0. The van der Waals surface area contributed by atoms with Gasteiger partial charge in [0.2, 0.25) is 0 Å². The molecule has 0 radical (unpaired) electrons. The smallest absolute Gasteiger partial charge is 0.146 e. The number of terminal acetylenes is 1. The van der Waals surface area contributed by atoms with Gasteiger partial charge in [-0.05, 0) is 26.0 Å². The molecule has 23 heavy (non-hydrogen) atoms. The van der Waals surface area contributed by atoms with Crippen LogP contribution in [0.4, 0.5) is 10.1 Å². The Morgan fingerprint density at radius 3 is 2.57 bits per heavy atom. The number of hydrogen-bond acceptors (Lipinski definition) is 4. The van der Waals surface area contributed by atoms with Crippen LogP contribution < -0.4 is 4.90 Å². The van der Waals surface area contributed by atoms with Crippen LogP contribution in [0.2, 0.25) is 0 Å². The molecule has 1 aromatic rings. The lowest BCUT2D eigenvalue weighted by atomic mass is 10.1. The molecule has 0 amide bonds. The molecule has 2 rings (SSSR count). The fourth-order valence-corrected chi connectivity index (χ4v) is 2.58. The first-order valence-corrected chi connectivity index (χ1v) is 7.93. The highest BCUT2D eigenvalue weighted by atomic mass is 19.1. The highest BCUT2D eigenvalue weighted by Gasteiger charge is 2.22. The molecule has 1 heterocycles. The van der Waals surface area contributed by atoms with Crippen LogP contribution in [0.15, 0.2) is 24.3 Å². The Bertz CT molecular complexity index is 548. The first-order valence-electron chi connectivity index (χ1n) is 7.93. The number of aliphatic hydroxyl groups excluding tert-OH is 1. The van der Waals surface area contributed by atoms with E-state index in [-0.39, 0.29) is 12.4 Å². The van der Waals surface area contributed by atoms with Gasteiger partial charge in [0.25, 0.3) is 0 Å². The van der Waals surface area contributed by atoms with Crippen molar-refractivity contribution in [2.45, 2.75) is 25.6 Å². The van der Waals surface area contributed by atoms with Gasteiger partial charge >= 0.3 is 0 Å². The summed E-state index contributed by atoms with van der Waals surface area (Å²) in [5.41, 5.74) is -0.0170. The first-order chi connectivity index (χ1) is 10.9. The number of halogens is 1. The van der Waals surface area contributed by atoms with E-state index in [4.69, 9.17) is 11.2 Å². The number of aliphatic hydroxyl groups is 1. The van der Waals surface area contributed by atoms with Crippen molar-refractivity contribution in [3.8, 4) is 12.3 Å². The highest BCUT2D eigenvalue weighted by molar-refractivity contribution is 5.47. The van der Waals surface area contributed by atoms with E-state index in [1.165, 1.54) is 6.07 Å². The molecule has 0 saturated carbocycles. The molecule has 0 aromatic heterocycles. The van der Waals surface area contributed by atoms with Crippen LogP contribution in [-0.4, -0.2) is 61.0 Å². The SMILES string of the molecule is C#CC(C)(C)OCC(O)CN1CCN(c2ccccc2F)CC1.